The molecule has 15 heavy (non-hydrogen) atoms. The van der Waals surface area contributed by atoms with E-state index < -0.39 is 0 Å². The molecule has 0 bridgehead atoms. The van der Waals surface area contributed by atoms with Crippen LogP contribution in [0.1, 0.15) is 25.7 Å². The lowest BCUT2D eigenvalue weighted by Crippen LogP contribution is -2.56. The standard InChI is InChI=1S/C11H21N3O/c15-11(10-8-12-5-6-13-10)14-7-9-3-1-2-4-9/h9-10,12-13H,1-8H2,(H,14,15). The maximum absolute atomic E-state index is 11.7. The number of nitrogens with one attached hydrogen (secondary N) is 3. The molecule has 1 atom stereocenters. The Hall–Kier alpha value is -0.610. The summed E-state index contributed by atoms with van der Waals surface area (Å²) < 4.78 is 0. The molecule has 0 aromatic heterocycles. The minimum absolute atomic E-state index is 0.0276. The third-order valence-electron chi connectivity index (χ3n) is 3.40. The Labute approximate surface area is 91.2 Å². The number of hydrogen-bond acceptors (Lipinski definition) is 3. The van der Waals surface area contributed by atoms with Crippen LogP contribution in [0.3, 0.4) is 0 Å². The lowest BCUT2D eigenvalue weighted by atomic mass is 10.1. The minimum Gasteiger partial charge on any atom is -0.354 e. The number of piperazine rings is 1. The van der Waals surface area contributed by atoms with E-state index in [1.807, 2.05) is 0 Å². The van der Waals surface area contributed by atoms with Gasteiger partial charge in [0.25, 0.3) is 0 Å². The van der Waals surface area contributed by atoms with E-state index in [1.165, 1.54) is 25.7 Å². The lowest BCUT2D eigenvalue weighted by molar-refractivity contribution is -0.123. The molecule has 2 aliphatic rings. The van der Waals surface area contributed by atoms with Gasteiger partial charge in [-0.2, -0.15) is 0 Å². The predicted octanol–water partition coefficient (Wildman–Crippen LogP) is -0.146. The average molecular weight is 211 g/mol. The quantitative estimate of drug-likeness (QED) is 0.609. The van der Waals surface area contributed by atoms with Gasteiger partial charge in [-0.15, -0.1) is 0 Å². The fraction of sp³-hybridized carbons (Fsp3) is 0.909. The largest absolute Gasteiger partial charge is 0.354 e. The number of amides is 1. The van der Waals surface area contributed by atoms with Crippen LogP contribution in [0, 0.1) is 5.92 Å². The van der Waals surface area contributed by atoms with Gasteiger partial charge in [0.1, 0.15) is 0 Å². The summed E-state index contributed by atoms with van der Waals surface area (Å²) >= 11 is 0. The Bertz CT molecular complexity index is 208. The van der Waals surface area contributed by atoms with Crippen LogP contribution < -0.4 is 16.0 Å². The van der Waals surface area contributed by atoms with E-state index in [4.69, 9.17) is 0 Å². The Morgan fingerprint density at radius 2 is 2.07 bits per heavy atom. The van der Waals surface area contributed by atoms with Crippen LogP contribution >= 0.6 is 0 Å². The molecule has 1 aliphatic carbocycles. The van der Waals surface area contributed by atoms with E-state index in [0.29, 0.717) is 0 Å². The van der Waals surface area contributed by atoms with Gasteiger partial charge in [-0.05, 0) is 18.8 Å². The zero-order valence-electron chi connectivity index (χ0n) is 9.22. The Balaban J connectivity index is 1.66. The van der Waals surface area contributed by atoms with Gasteiger partial charge in [0.15, 0.2) is 0 Å². The Morgan fingerprint density at radius 3 is 2.73 bits per heavy atom. The van der Waals surface area contributed by atoms with Gasteiger partial charge in [0.05, 0.1) is 6.04 Å². The maximum Gasteiger partial charge on any atom is 0.238 e. The highest BCUT2D eigenvalue weighted by atomic mass is 16.2. The second-order valence-corrected chi connectivity index (χ2v) is 4.61. The fourth-order valence-electron chi connectivity index (χ4n) is 2.42. The maximum atomic E-state index is 11.7. The number of rotatable bonds is 3. The van der Waals surface area contributed by atoms with Gasteiger partial charge >= 0.3 is 0 Å². The first-order valence-corrected chi connectivity index (χ1v) is 6.08. The topological polar surface area (TPSA) is 53.2 Å². The van der Waals surface area contributed by atoms with E-state index in [0.717, 1.165) is 32.1 Å². The fourth-order valence-corrected chi connectivity index (χ4v) is 2.42. The van der Waals surface area contributed by atoms with Crippen molar-refractivity contribution in [3.05, 3.63) is 0 Å². The molecule has 2 fully saturated rings. The van der Waals surface area contributed by atoms with Gasteiger partial charge in [-0.25, -0.2) is 0 Å². The summed E-state index contributed by atoms with van der Waals surface area (Å²) in [5, 5.41) is 9.49. The van der Waals surface area contributed by atoms with Crippen LogP contribution in [0.2, 0.25) is 0 Å². The molecule has 86 valence electrons. The zero-order chi connectivity index (χ0) is 10.5. The van der Waals surface area contributed by atoms with Crippen LogP contribution in [0.5, 0.6) is 0 Å². The predicted molar refractivity (Wildman–Crippen MR) is 59.6 cm³/mol. The molecule has 2 rings (SSSR count). The van der Waals surface area contributed by atoms with Crippen molar-refractivity contribution in [3.8, 4) is 0 Å². The van der Waals surface area contributed by atoms with Crippen molar-refractivity contribution in [2.45, 2.75) is 31.7 Å². The molecule has 1 saturated heterocycles. The molecule has 4 heteroatoms. The van der Waals surface area contributed by atoms with E-state index in [1.54, 1.807) is 0 Å². The summed E-state index contributed by atoms with van der Waals surface area (Å²) in [5.74, 6) is 0.889. The highest BCUT2D eigenvalue weighted by Crippen LogP contribution is 2.23. The first kappa shape index (κ1) is 10.9. The summed E-state index contributed by atoms with van der Waals surface area (Å²) in [4.78, 5) is 11.7. The van der Waals surface area contributed by atoms with Crippen LogP contribution in [0.25, 0.3) is 0 Å². The van der Waals surface area contributed by atoms with Crippen molar-refractivity contribution in [2.24, 2.45) is 5.92 Å². The SMILES string of the molecule is O=C(NCC1CCCC1)C1CNCCN1. The van der Waals surface area contributed by atoms with E-state index in [9.17, 15) is 4.79 Å². The third-order valence-corrected chi connectivity index (χ3v) is 3.40. The summed E-state index contributed by atoms with van der Waals surface area (Å²) in [6.45, 7) is 3.49. The summed E-state index contributed by atoms with van der Waals surface area (Å²) in [7, 11) is 0. The molecule has 4 nitrogen and oxygen atoms in total. The molecule has 0 spiro atoms. The molecular weight excluding hydrogens is 190 g/mol. The number of hydrogen-bond donors (Lipinski definition) is 3. The summed E-state index contributed by atoms with van der Waals surface area (Å²) in [6.07, 6.45) is 5.25. The van der Waals surface area contributed by atoms with Gasteiger partial charge in [-0.1, -0.05) is 12.8 Å². The van der Waals surface area contributed by atoms with Crippen molar-refractivity contribution in [1.29, 1.82) is 0 Å². The second-order valence-electron chi connectivity index (χ2n) is 4.61. The van der Waals surface area contributed by atoms with Crippen LogP contribution in [0.15, 0.2) is 0 Å². The number of carbonyl (C=O) groups excluding carboxylic acids is 1. The van der Waals surface area contributed by atoms with Gasteiger partial charge in [-0.3, -0.25) is 4.79 Å². The molecule has 1 heterocycles. The summed E-state index contributed by atoms with van der Waals surface area (Å²) in [5.41, 5.74) is 0. The van der Waals surface area contributed by atoms with E-state index >= 15 is 0 Å². The van der Waals surface area contributed by atoms with Crippen molar-refractivity contribution in [3.63, 3.8) is 0 Å². The van der Waals surface area contributed by atoms with E-state index in [-0.39, 0.29) is 11.9 Å². The Kier molecular flexibility index (Phi) is 3.97. The van der Waals surface area contributed by atoms with Crippen molar-refractivity contribution >= 4 is 5.91 Å². The minimum atomic E-state index is -0.0276. The van der Waals surface area contributed by atoms with Crippen molar-refractivity contribution < 1.29 is 4.79 Å². The van der Waals surface area contributed by atoms with Crippen molar-refractivity contribution in [2.75, 3.05) is 26.2 Å². The molecular formula is C11H21N3O. The lowest BCUT2D eigenvalue weighted by Gasteiger charge is -2.24. The Morgan fingerprint density at radius 1 is 1.27 bits per heavy atom. The number of carbonyl (C=O) groups is 1. The average Bonchev–Trinajstić information content (AvgIpc) is 2.80. The molecule has 0 radical (unpaired) electrons. The monoisotopic (exact) mass is 211 g/mol. The van der Waals surface area contributed by atoms with Crippen LogP contribution in [-0.2, 0) is 4.79 Å². The first-order chi connectivity index (χ1) is 7.36. The molecule has 3 N–H and O–H groups in total. The third kappa shape index (κ3) is 3.18. The van der Waals surface area contributed by atoms with Gasteiger partial charge in [0, 0.05) is 26.2 Å². The zero-order valence-corrected chi connectivity index (χ0v) is 9.22. The molecule has 1 saturated carbocycles. The second kappa shape index (κ2) is 5.47. The smallest absolute Gasteiger partial charge is 0.238 e. The normalized spacial score (nSPS) is 27.9. The molecule has 1 unspecified atom stereocenters. The molecule has 1 amide bonds. The van der Waals surface area contributed by atoms with Gasteiger partial charge < -0.3 is 16.0 Å². The van der Waals surface area contributed by atoms with Crippen LogP contribution in [-0.4, -0.2) is 38.1 Å². The summed E-state index contributed by atoms with van der Waals surface area (Å²) in [6, 6.07) is -0.0276. The van der Waals surface area contributed by atoms with Gasteiger partial charge in [0.2, 0.25) is 5.91 Å². The van der Waals surface area contributed by atoms with Crippen LogP contribution in [0.4, 0.5) is 0 Å². The van der Waals surface area contributed by atoms with Crippen molar-refractivity contribution in [1.82, 2.24) is 16.0 Å². The molecule has 0 aromatic carbocycles. The highest BCUT2D eigenvalue weighted by molar-refractivity contribution is 5.82. The van der Waals surface area contributed by atoms with E-state index in [2.05, 4.69) is 16.0 Å². The molecule has 1 aliphatic heterocycles. The highest BCUT2D eigenvalue weighted by Gasteiger charge is 2.21. The first-order valence-electron chi connectivity index (χ1n) is 6.08. The molecule has 0 aromatic rings.